The molecule has 1 atom stereocenters. The van der Waals surface area contributed by atoms with Crippen molar-refractivity contribution in [2.24, 2.45) is 0 Å². The van der Waals surface area contributed by atoms with Gasteiger partial charge in [0.1, 0.15) is 17.3 Å². The van der Waals surface area contributed by atoms with Crippen LogP contribution in [0.4, 0.5) is 0 Å². The van der Waals surface area contributed by atoms with E-state index in [0.29, 0.717) is 37.9 Å². The molecule has 0 N–H and O–H groups in total. The topological polar surface area (TPSA) is 54.5 Å². The molecule has 0 aliphatic rings. The van der Waals surface area contributed by atoms with Crippen molar-refractivity contribution in [3.05, 3.63) is 0 Å². The fourth-order valence-corrected chi connectivity index (χ4v) is 4.77. The van der Waals surface area contributed by atoms with E-state index in [1.165, 1.54) is 51.4 Å². The van der Waals surface area contributed by atoms with Crippen molar-refractivity contribution in [2.45, 2.75) is 168 Å². The Kier molecular flexibility index (Phi) is 23.9. The van der Waals surface area contributed by atoms with E-state index in [0.717, 1.165) is 64.2 Å². The molecule has 4 heteroatoms. The number of carbonyl (C=O) groups excluding carboxylic acids is 3. The van der Waals surface area contributed by atoms with Gasteiger partial charge in [0.05, 0.1) is 6.04 Å². The summed E-state index contributed by atoms with van der Waals surface area (Å²) in [7, 11) is 4.07. The van der Waals surface area contributed by atoms with Gasteiger partial charge in [-0.2, -0.15) is 0 Å². The van der Waals surface area contributed by atoms with E-state index in [1.54, 1.807) is 0 Å². The molecule has 0 radical (unpaired) electrons. The Hall–Kier alpha value is -1.03. The molecule has 0 aromatic rings. The Bertz CT molecular complexity index is 529. The molecule has 0 heterocycles. The molecule has 0 spiro atoms. The zero-order chi connectivity index (χ0) is 26.2. The molecule has 0 amide bonds. The summed E-state index contributed by atoms with van der Waals surface area (Å²) in [4.78, 5) is 38.7. The highest BCUT2D eigenvalue weighted by Gasteiger charge is 2.19. The van der Waals surface area contributed by atoms with Gasteiger partial charge in [-0.1, -0.05) is 104 Å². The quantitative estimate of drug-likeness (QED) is 0.107. The first-order valence-corrected chi connectivity index (χ1v) is 15.1. The maximum atomic E-state index is 12.7. The van der Waals surface area contributed by atoms with Gasteiger partial charge in [-0.3, -0.25) is 19.3 Å². The number of nitrogens with zero attached hydrogens (tertiary/aromatic N) is 1. The molecule has 0 aliphatic heterocycles. The summed E-state index contributed by atoms with van der Waals surface area (Å²) < 4.78 is 0. The van der Waals surface area contributed by atoms with Gasteiger partial charge in [-0.15, -0.1) is 0 Å². The molecule has 0 rings (SSSR count). The smallest absolute Gasteiger partial charge is 0.149 e. The van der Waals surface area contributed by atoms with Crippen molar-refractivity contribution in [3.63, 3.8) is 0 Å². The summed E-state index contributed by atoms with van der Waals surface area (Å²) in [6, 6.07) is 0.0832. The highest BCUT2D eigenvalue weighted by atomic mass is 16.1. The van der Waals surface area contributed by atoms with Gasteiger partial charge in [-0.25, -0.2) is 0 Å². The molecule has 0 saturated heterocycles. The van der Waals surface area contributed by atoms with Crippen LogP contribution in [0.15, 0.2) is 0 Å². The van der Waals surface area contributed by atoms with E-state index in [4.69, 9.17) is 0 Å². The Morgan fingerprint density at radius 3 is 1.31 bits per heavy atom. The van der Waals surface area contributed by atoms with Gasteiger partial charge in [0.2, 0.25) is 0 Å². The Balaban J connectivity index is 3.71. The second-order valence-corrected chi connectivity index (χ2v) is 10.9. The van der Waals surface area contributed by atoms with Crippen molar-refractivity contribution in [1.29, 1.82) is 0 Å². The Morgan fingerprint density at radius 2 is 0.857 bits per heavy atom. The van der Waals surface area contributed by atoms with Crippen LogP contribution in [0, 0.1) is 0 Å². The van der Waals surface area contributed by atoms with Crippen LogP contribution < -0.4 is 0 Å². The highest BCUT2D eigenvalue weighted by molar-refractivity contribution is 5.86. The fraction of sp³-hybridized carbons (Fsp3) is 0.903. The van der Waals surface area contributed by atoms with Crippen molar-refractivity contribution < 1.29 is 14.4 Å². The lowest BCUT2D eigenvalue weighted by atomic mass is 9.98. The number of ketones is 3. The zero-order valence-corrected chi connectivity index (χ0v) is 24.0. The first-order chi connectivity index (χ1) is 16.9. The second-order valence-electron chi connectivity index (χ2n) is 10.9. The number of Topliss-reactive ketones (excluding diaryl/α,β-unsaturated/α-hetero) is 3. The maximum Gasteiger partial charge on any atom is 0.149 e. The second kappa shape index (κ2) is 24.7. The first-order valence-electron chi connectivity index (χ1n) is 15.1. The Labute approximate surface area is 218 Å². The van der Waals surface area contributed by atoms with E-state index in [9.17, 15) is 14.4 Å². The van der Waals surface area contributed by atoms with Crippen LogP contribution in [-0.4, -0.2) is 42.4 Å². The molecular weight excluding hydrogens is 434 g/mol. The number of hydrogen-bond acceptors (Lipinski definition) is 4. The van der Waals surface area contributed by atoms with Gasteiger partial charge in [0.15, 0.2) is 0 Å². The third-order valence-electron chi connectivity index (χ3n) is 7.20. The normalized spacial score (nSPS) is 12.3. The number of unbranched alkanes of at least 4 members (excludes halogenated alkanes) is 14. The maximum absolute atomic E-state index is 12.7. The molecule has 0 saturated carbocycles. The number of likely N-dealkylation sites (N-methyl/N-ethyl adjacent to an activating group) is 1. The average molecular weight is 494 g/mol. The minimum atomic E-state index is 0.0832. The zero-order valence-electron chi connectivity index (χ0n) is 24.0. The molecule has 0 aromatic carbocycles. The van der Waals surface area contributed by atoms with Crippen molar-refractivity contribution in [2.75, 3.05) is 14.1 Å². The predicted molar refractivity (Wildman–Crippen MR) is 150 cm³/mol. The Morgan fingerprint density at radius 1 is 0.486 bits per heavy atom. The third kappa shape index (κ3) is 21.9. The van der Waals surface area contributed by atoms with Crippen LogP contribution >= 0.6 is 0 Å². The van der Waals surface area contributed by atoms with Gasteiger partial charge in [0, 0.05) is 32.1 Å². The third-order valence-corrected chi connectivity index (χ3v) is 7.20. The molecule has 4 nitrogen and oxygen atoms in total. The lowest BCUT2D eigenvalue weighted by Gasteiger charge is -2.23. The standard InChI is InChI=1S/C31H59NO3/c1-5-7-9-11-12-16-20-24-30(32(3)4)31(35)25-21-17-14-13-15-19-23-29(34)27-26-28(33)22-18-10-8-6-2/h30H,5-27H2,1-4H3. The first kappa shape index (κ1) is 34.0. The van der Waals surface area contributed by atoms with Crippen LogP contribution in [0.1, 0.15) is 162 Å². The predicted octanol–water partition coefficient (Wildman–Crippen LogP) is 8.64. The minimum Gasteiger partial charge on any atom is -0.300 e. The molecule has 1 unspecified atom stereocenters. The van der Waals surface area contributed by atoms with E-state index < -0.39 is 0 Å². The van der Waals surface area contributed by atoms with Crippen LogP contribution in [0.5, 0.6) is 0 Å². The minimum absolute atomic E-state index is 0.0832. The monoisotopic (exact) mass is 493 g/mol. The average Bonchev–Trinajstić information content (AvgIpc) is 2.83. The molecule has 0 bridgehead atoms. The van der Waals surface area contributed by atoms with Crippen molar-refractivity contribution in [1.82, 2.24) is 4.90 Å². The lowest BCUT2D eigenvalue weighted by molar-refractivity contribution is -0.124. The number of carbonyl (C=O) groups is 3. The van der Waals surface area contributed by atoms with Crippen molar-refractivity contribution >= 4 is 17.3 Å². The summed E-state index contributed by atoms with van der Waals surface area (Å²) >= 11 is 0. The molecule has 35 heavy (non-hydrogen) atoms. The lowest BCUT2D eigenvalue weighted by Crippen LogP contribution is -2.35. The van der Waals surface area contributed by atoms with Gasteiger partial charge >= 0.3 is 0 Å². The van der Waals surface area contributed by atoms with Crippen LogP contribution in [0.3, 0.4) is 0 Å². The summed E-state index contributed by atoms with van der Waals surface area (Å²) in [5.41, 5.74) is 0. The van der Waals surface area contributed by atoms with Gasteiger partial charge < -0.3 is 0 Å². The van der Waals surface area contributed by atoms with Crippen LogP contribution in [0.25, 0.3) is 0 Å². The van der Waals surface area contributed by atoms with Gasteiger partial charge in [0.25, 0.3) is 0 Å². The molecular formula is C31H59NO3. The van der Waals surface area contributed by atoms with Crippen molar-refractivity contribution in [3.8, 4) is 0 Å². The van der Waals surface area contributed by atoms with Crippen LogP contribution in [-0.2, 0) is 14.4 Å². The summed E-state index contributed by atoms with van der Waals surface area (Å²) in [6.07, 6.45) is 23.7. The van der Waals surface area contributed by atoms with E-state index in [-0.39, 0.29) is 17.6 Å². The molecule has 206 valence electrons. The van der Waals surface area contributed by atoms with Crippen LogP contribution in [0.2, 0.25) is 0 Å². The van der Waals surface area contributed by atoms with Gasteiger partial charge in [-0.05, 0) is 39.8 Å². The van der Waals surface area contributed by atoms with E-state index >= 15 is 0 Å². The molecule has 0 fully saturated rings. The van der Waals surface area contributed by atoms with E-state index in [2.05, 4.69) is 18.7 Å². The highest BCUT2D eigenvalue weighted by Crippen LogP contribution is 2.16. The number of rotatable bonds is 27. The van der Waals surface area contributed by atoms with E-state index in [1.807, 2.05) is 14.1 Å². The fourth-order valence-electron chi connectivity index (χ4n) is 4.77. The largest absolute Gasteiger partial charge is 0.300 e. The summed E-state index contributed by atoms with van der Waals surface area (Å²) in [5, 5.41) is 0. The SMILES string of the molecule is CCCCCCCCCC(C(=O)CCCCCCCCC(=O)CCC(=O)CCCCCC)N(C)C. The summed E-state index contributed by atoms with van der Waals surface area (Å²) in [6.45, 7) is 4.42. The summed E-state index contributed by atoms with van der Waals surface area (Å²) in [5.74, 6) is 0.905. The number of hydrogen-bond donors (Lipinski definition) is 0. The molecule has 0 aliphatic carbocycles. The molecule has 0 aromatic heterocycles.